The van der Waals surface area contributed by atoms with Gasteiger partial charge in [-0.05, 0) is 61.7 Å². The molecule has 0 saturated heterocycles. The fraction of sp³-hybridized carbons (Fsp3) is 0.842. The van der Waals surface area contributed by atoms with Crippen molar-refractivity contribution in [1.82, 2.24) is 0 Å². The smallest absolute Gasteiger partial charge is 0.163 e. The Morgan fingerprint density at radius 2 is 1.83 bits per heavy atom. The number of ketones is 1. The Balaban J connectivity index is 1.79. The second-order valence-corrected chi connectivity index (χ2v) is 8.77. The highest BCUT2D eigenvalue weighted by molar-refractivity contribution is 5.98. The second kappa shape index (κ2) is 5.29. The molecule has 0 amide bonds. The zero-order chi connectivity index (χ0) is 17.3. The summed E-state index contributed by atoms with van der Waals surface area (Å²) in [5.41, 5.74) is -0.541. The van der Waals surface area contributed by atoms with Crippen LogP contribution in [0.4, 0.5) is 0 Å². The SMILES string of the molecule is C[C@]12CC[C@H]3[C@@H](CC(=O)C4=C(O)[C@@H](O)CC[C@@]43CO)[C@@H]1CC[C@@H]2O. The van der Waals surface area contributed by atoms with E-state index in [4.69, 9.17) is 0 Å². The highest BCUT2D eigenvalue weighted by Crippen LogP contribution is 2.65. The van der Waals surface area contributed by atoms with E-state index in [0.717, 1.165) is 25.7 Å². The summed E-state index contributed by atoms with van der Waals surface area (Å²) in [6, 6.07) is 0. The molecule has 0 aromatic carbocycles. The third kappa shape index (κ3) is 1.89. The molecule has 7 atom stereocenters. The first-order valence-corrected chi connectivity index (χ1v) is 9.29. The van der Waals surface area contributed by atoms with Crippen LogP contribution in [0, 0.1) is 28.6 Å². The fourth-order valence-electron chi connectivity index (χ4n) is 6.69. The quantitative estimate of drug-likeness (QED) is 0.584. The first-order chi connectivity index (χ1) is 11.3. The Morgan fingerprint density at radius 1 is 1.08 bits per heavy atom. The summed E-state index contributed by atoms with van der Waals surface area (Å²) in [7, 11) is 0. The maximum absolute atomic E-state index is 12.9. The number of rotatable bonds is 1. The molecule has 4 aliphatic carbocycles. The minimum atomic E-state index is -0.984. The Labute approximate surface area is 142 Å². The molecule has 24 heavy (non-hydrogen) atoms. The van der Waals surface area contributed by atoms with Crippen LogP contribution in [0.5, 0.6) is 0 Å². The summed E-state index contributed by atoms with van der Waals surface area (Å²) in [6.45, 7) is 1.99. The molecule has 0 spiro atoms. The van der Waals surface area contributed by atoms with Crippen molar-refractivity contribution in [2.75, 3.05) is 6.61 Å². The van der Waals surface area contributed by atoms with Gasteiger partial charge in [0.25, 0.3) is 0 Å². The minimum Gasteiger partial charge on any atom is -0.509 e. The topological polar surface area (TPSA) is 98.0 Å². The molecule has 5 heteroatoms. The Bertz CT molecular complexity index is 599. The van der Waals surface area contributed by atoms with Gasteiger partial charge in [0.2, 0.25) is 0 Å². The monoisotopic (exact) mass is 336 g/mol. The largest absolute Gasteiger partial charge is 0.509 e. The Morgan fingerprint density at radius 3 is 2.54 bits per heavy atom. The van der Waals surface area contributed by atoms with E-state index in [-0.39, 0.29) is 41.5 Å². The molecule has 0 bridgehead atoms. The van der Waals surface area contributed by atoms with Gasteiger partial charge in [0.15, 0.2) is 5.78 Å². The predicted octanol–water partition coefficient (Wildman–Crippen LogP) is 1.71. The molecule has 4 N–H and O–H groups in total. The van der Waals surface area contributed by atoms with Crippen molar-refractivity contribution in [3.8, 4) is 0 Å². The third-order valence-electron chi connectivity index (χ3n) is 8.01. The van der Waals surface area contributed by atoms with Crippen molar-refractivity contribution in [2.45, 2.75) is 64.1 Å². The summed E-state index contributed by atoms with van der Waals surface area (Å²) >= 11 is 0. The van der Waals surface area contributed by atoms with E-state index >= 15 is 0 Å². The van der Waals surface area contributed by atoms with Crippen molar-refractivity contribution < 1.29 is 25.2 Å². The summed E-state index contributed by atoms with van der Waals surface area (Å²) < 4.78 is 0. The number of carbonyl (C=O) groups excluding carboxylic acids is 1. The highest BCUT2D eigenvalue weighted by atomic mass is 16.3. The molecular formula is C19H28O5. The number of aliphatic hydroxyl groups is 4. The van der Waals surface area contributed by atoms with Gasteiger partial charge < -0.3 is 20.4 Å². The van der Waals surface area contributed by atoms with Crippen LogP contribution in [0.2, 0.25) is 0 Å². The molecular weight excluding hydrogens is 308 g/mol. The van der Waals surface area contributed by atoms with E-state index in [0.29, 0.717) is 30.8 Å². The predicted molar refractivity (Wildman–Crippen MR) is 87.1 cm³/mol. The lowest BCUT2D eigenvalue weighted by Gasteiger charge is -2.57. The van der Waals surface area contributed by atoms with Gasteiger partial charge in [-0.2, -0.15) is 0 Å². The summed E-state index contributed by atoms with van der Waals surface area (Å²) in [6.07, 6.45) is 3.48. The van der Waals surface area contributed by atoms with Crippen molar-refractivity contribution in [3.63, 3.8) is 0 Å². The molecule has 0 aliphatic heterocycles. The zero-order valence-electron chi connectivity index (χ0n) is 14.2. The number of hydrogen-bond donors (Lipinski definition) is 4. The zero-order valence-corrected chi connectivity index (χ0v) is 14.2. The van der Waals surface area contributed by atoms with Crippen LogP contribution >= 0.6 is 0 Å². The van der Waals surface area contributed by atoms with Gasteiger partial charge in [0.1, 0.15) is 11.9 Å². The standard InChI is InChI=1S/C19H28O5/c1-18-6-4-12-10(11(18)2-3-15(18)23)8-14(22)16-17(24)13(21)5-7-19(12,16)9-20/h10-13,15,20-21,23-24H,2-9H2,1H3/t10-,11-,12-,13-,15-,18-,19-/m0/s1. The lowest BCUT2D eigenvalue weighted by atomic mass is 9.46. The number of aliphatic hydroxyl groups excluding tert-OH is 4. The highest BCUT2D eigenvalue weighted by Gasteiger charge is 2.62. The van der Waals surface area contributed by atoms with Crippen LogP contribution < -0.4 is 0 Å². The van der Waals surface area contributed by atoms with E-state index in [2.05, 4.69) is 6.92 Å². The first kappa shape index (κ1) is 16.6. The van der Waals surface area contributed by atoms with Gasteiger partial charge in [-0.1, -0.05) is 6.92 Å². The average molecular weight is 336 g/mol. The molecule has 4 rings (SSSR count). The van der Waals surface area contributed by atoms with Crippen molar-refractivity contribution in [1.29, 1.82) is 0 Å². The molecule has 0 aromatic heterocycles. The number of carbonyl (C=O) groups is 1. The maximum Gasteiger partial charge on any atom is 0.163 e. The van der Waals surface area contributed by atoms with Gasteiger partial charge in [0.05, 0.1) is 12.7 Å². The van der Waals surface area contributed by atoms with Crippen molar-refractivity contribution >= 4 is 5.78 Å². The summed E-state index contributed by atoms with van der Waals surface area (Å²) in [4.78, 5) is 12.9. The van der Waals surface area contributed by atoms with Crippen LogP contribution in [-0.2, 0) is 4.79 Å². The molecule has 0 unspecified atom stereocenters. The van der Waals surface area contributed by atoms with Crippen molar-refractivity contribution in [3.05, 3.63) is 11.3 Å². The van der Waals surface area contributed by atoms with Crippen LogP contribution in [-0.4, -0.2) is 45.0 Å². The number of fused-ring (bicyclic) bond motifs is 5. The van der Waals surface area contributed by atoms with Crippen LogP contribution in [0.1, 0.15) is 51.9 Å². The lowest BCUT2D eigenvalue weighted by molar-refractivity contribution is -0.137. The first-order valence-electron chi connectivity index (χ1n) is 9.29. The summed E-state index contributed by atoms with van der Waals surface area (Å²) in [5, 5.41) is 41.1. The molecule has 5 nitrogen and oxygen atoms in total. The van der Waals surface area contributed by atoms with Crippen LogP contribution in [0.3, 0.4) is 0 Å². The molecule has 3 fully saturated rings. The molecule has 4 aliphatic rings. The van der Waals surface area contributed by atoms with Gasteiger partial charge in [-0.15, -0.1) is 0 Å². The molecule has 3 saturated carbocycles. The normalized spacial score (nSPS) is 51.2. The van der Waals surface area contributed by atoms with Crippen LogP contribution in [0.15, 0.2) is 11.3 Å². The van der Waals surface area contributed by atoms with Crippen molar-refractivity contribution in [2.24, 2.45) is 28.6 Å². The average Bonchev–Trinajstić information content (AvgIpc) is 2.86. The third-order valence-corrected chi connectivity index (χ3v) is 8.01. The maximum atomic E-state index is 12.9. The van der Waals surface area contributed by atoms with E-state index in [9.17, 15) is 25.2 Å². The van der Waals surface area contributed by atoms with Gasteiger partial charge >= 0.3 is 0 Å². The number of Topliss-reactive ketones (excluding diaryl/α,β-unsaturated/α-hetero) is 1. The van der Waals surface area contributed by atoms with E-state index in [1.807, 2.05) is 0 Å². The van der Waals surface area contributed by atoms with Gasteiger partial charge in [-0.3, -0.25) is 4.79 Å². The molecule has 0 radical (unpaired) electrons. The number of hydrogen-bond acceptors (Lipinski definition) is 5. The molecule has 0 heterocycles. The van der Waals surface area contributed by atoms with Gasteiger partial charge in [0, 0.05) is 17.4 Å². The van der Waals surface area contributed by atoms with E-state index in [1.165, 1.54) is 0 Å². The molecule has 134 valence electrons. The Hall–Kier alpha value is -0.910. The Kier molecular flexibility index (Phi) is 3.65. The van der Waals surface area contributed by atoms with Gasteiger partial charge in [-0.25, -0.2) is 0 Å². The molecule has 0 aromatic rings. The lowest BCUT2D eigenvalue weighted by Crippen LogP contribution is -2.56. The summed E-state index contributed by atoms with van der Waals surface area (Å²) in [5.74, 6) is 0.278. The fourth-order valence-corrected chi connectivity index (χ4v) is 6.69. The van der Waals surface area contributed by atoms with E-state index in [1.54, 1.807) is 0 Å². The van der Waals surface area contributed by atoms with Crippen LogP contribution in [0.25, 0.3) is 0 Å². The second-order valence-electron chi connectivity index (χ2n) is 8.77. The minimum absolute atomic E-state index is 0.118. The van der Waals surface area contributed by atoms with E-state index < -0.39 is 11.5 Å².